The molecule has 0 aliphatic heterocycles. The summed E-state index contributed by atoms with van der Waals surface area (Å²) in [5, 5.41) is 27.5. The maximum absolute atomic E-state index is 7.00. The minimum absolute atomic E-state index is 0. The van der Waals surface area contributed by atoms with Crippen LogP contribution in [0, 0.1) is 41.0 Å². The molecule has 0 aromatic carbocycles. The number of rotatable bonds is 0. The zero-order valence-corrected chi connectivity index (χ0v) is 10.0. The van der Waals surface area contributed by atoms with E-state index in [9.17, 15) is 0 Å². The first kappa shape index (κ1) is 118. The molecule has 8 nitrogen and oxygen atoms in total. The molecule has 0 atom stereocenters. The average molecular weight is 487 g/mol. The van der Waals surface area contributed by atoms with Crippen LogP contribution in [0.4, 0.5) is 0 Å². The van der Waals surface area contributed by atoms with Gasteiger partial charge in [-0.2, -0.15) is 0 Å². The van der Waals surface area contributed by atoms with E-state index in [0.717, 1.165) is 0 Å². The molecule has 0 fully saturated rings. The minimum atomic E-state index is 0. The van der Waals surface area contributed by atoms with Gasteiger partial charge in [0.1, 0.15) is 0 Å². The van der Waals surface area contributed by atoms with Gasteiger partial charge in [0.2, 0.25) is 0 Å². The molecule has 0 amide bonds. The molecular weight excluding hydrogens is 465 g/mol. The van der Waals surface area contributed by atoms with Crippen molar-refractivity contribution < 1.29 is 81.2 Å². The van der Waals surface area contributed by atoms with Gasteiger partial charge in [0, 0.05) is 59.6 Å². The average Bonchev–Trinajstić information content (AvgIpc) is 1.78. The summed E-state index contributed by atoms with van der Waals surface area (Å²) in [7, 11) is 0. The van der Waals surface area contributed by atoms with Crippen molar-refractivity contribution in [3.63, 3.8) is 0 Å². The molecule has 0 aromatic heterocycles. The van der Waals surface area contributed by atoms with Crippen LogP contribution in [0.15, 0.2) is 0 Å². The van der Waals surface area contributed by atoms with E-state index in [1.165, 1.54) is 0 Å². The van der Waals surface area contributed by atoms with E-state index in [-0.39, 0.29) is 84.9 Å². The van der Waals surface area contributed by atoms with Gasteiger partial charge in [-0.15, -0.1) is 0 Å². The van der Waals surface area contributed by atoms with Gasteiger partial charge in [0.15, 0.2) is 0 Å². The van der Waals surface area contributed by atoms with Crippen LogP contribution in [0.25, 0.3) is 0 Å². The van der Waals surface area contributed by atoms with Crippen LogP contribution < -0.4 is 0 Å². The molecule has 6 N–H and O–H groups in total. The topological polar surface area (TPSA) is 156 Å². The summed E-state index contributed by atoms with van der Waals surface area (Å²) in [5.74, 6) is 0. The van der Waals surface area contributed by atoms with Crippen molar-refractivity contribution in [2.75, 3.05) is 0 Å². The van der Waals surface area contributed by atoms with E-state index in [1.807, 2.05) is 0 Å². The third-order valence-corrected chi connectivity index (χ3v) is 0. The van der Waals surface area contributed by atoms with Crippen LogP contribution in [0.3, 0.4) is 0 Å². The van der Waals surface area contributed by atoms with Crippen molar-refractivity contribution in [3.8, 4) is 0 Å². The Morgan fingerprint density at radius 1 is 0.786 bits per heavy atom. The Balaban J connectivity index is -0.00000000174. The predicted octanol–water partition coefficient (Wildman–Crippen LogP) is 1.75. The Bertz CT molecular complexity index is 25.3. The molecule has 0 heterocycles. The maximum atomic E-state index is 7.00. The zero-order valence-electron chi connectivity index (χ0n) is 4.46. The summed E-state index contributed by atoms with van der Waals surface area (Å²) < 4.78 is 0. The molecule has 0 aromatic rings. The van der Waals surface area contributed by atoms with Gasteiger partial charge in [-0.1, -0.05) is 34.7 Å². The van der Waals surface area contributed by atoms with E-state index < -0.39 is 0 Å². The first-order chi connectivity index (χ1) is 3.41. The standard InChI is InChI=1S/4CH4.H2O3.H2O2.O2.H2O.U.V/c;;;;1-3-2;2*1-2;;;/h4*1H4;1-2H;1-2H;;1H2;;. The van der Waals surface area contributed by atoms with E-state index >= 15 is 0 Å². The monoisotopic (exact) mass is 487 g/mol. The van der Waals surface area contributed by atoms with E-state index in [4.69, 9.17) is 31.0 Å². The van der Waals surface area contributed by atoms with Gasteiger partial charge in [-0.3, -0.25) is 10.5 Å². The largest absolute Gasteiger partial charge is 0.412 e. The SMILES string of the molecule is C.C.C.C.O.O=O.OO.OOO.[U].[V]. The summed E-state index contributed by atoms with van der Waals surface area (Å²) in [6, 6.07) is 0. The fraction of sp³-hybridized carbons (Fsp3) is 1.00. The summed E-state index contributed by atoms with van der Waals surface area (Å²) in [6.45, 7) is 0. The van der Waals surface area contributed by atoms with Crippen molar-refractivity contribution in [1.29, 1.82) is 0 Å². The number of hydrogen-bond acceptors (Lipinski definition) is 7. The molecule has 0 unspecified atom stereocenters. The van der Waals surface area contributed by atoms with E-state index in [2.05, 4.69) is 5.04 Å². The second kappa shape index (κ2) is 593. The van der Waals surface area contributed by atoms with Crippen LogP contribution in [-0.4, -0.2) is 26.5 Å². The third-order valence-electron chi connectivity index (χ3n) is 0. The fourth-order valence-electron chi connectivity index (χ4n) is 0. The van der Waals surface area contributed by atoms with Crippen LogP contribution >= 0.6 is 0 Å². The first-order valence-electron chi connectivity index (χ1n) is 0.732. The van der Waals surface area contributed by atoms with Gasteiger partial charge in [-0.25, -0.2) is 10.5 Å². The van der Waals surface area contributed by atoms with Gasteiger partial charge in [0.25, 0.3) is 0 Å². The summed E-state index contributed by atoms with van der Waals surface area (Å²) in [6.07, 6.45) is 0. The maximum Gasteiger partial charge on any atom is 0 e. The number of hydrogen-bond donors (Lipinski definition) is 4. The molecule has 0 saturated heterocycles. The molecule has 0 bridgehead atoms. The Morgan fingerprint density at radius 3 is 0.786 bits per heavy atom. The quantitative estimate of drug-likeness (QED) is 0.300. The minimum Gasteiger partial charge on any atom is -0.412 e. The molecule has 0 spiro atoms. The van der Waals surface area contributed by atoms with E-state index in [0.29, 0.717) is 0 Å². The molecular formula is C4H22O8UV. The summed E-state index contributed by atoms with van der Waals surface area (Å²) in [4.78, 5) is 14.0. The third kappa shape index (κ3) is 1880. The first-order valence-corrected chi connectivity index (χ1v) is 0.732. The molecule has 14 heavy (non-hydrogen) atoms. The molecule has 0 rings (SSSR count). The summed E-state index contributed by atoms with van der Waals surface area (Å²) >= 11 is 0. The molecule has 10 heteroatoms. The van der Waals surface area contributed by atoms with Gasteiger partial charge < -0.3 is 5.48 Å². The predicted molar refractivity (Wildman–Crippen MR) is 48.9 cm³/mol. The summed E-state index contributed by atoms with van der Waals surface area (Å²) in [5.41, 5.74) is 0. The van der Waals surface area contributed by atoms with Gasteiger partial charge >= 0.3 is 0 Å². The van der Waals surface area contributed by atoms with Crippen LogP contribution in [-0.2, 0) is 23.6 Å². The van der Waals surface area contributed by atoms with Crippen molar-refractivity contribution in [3.05, 3.63) is 9.93 Å². The second-order valence-corrected chi connectivity index (χ2v) is 0.0816. The van der Waals surface area contributed by atoms with Gasteiger partial charge in [-0.05, 0) is 0 Å². The second-order valence-electron chi connectivity index (χ2n) is 0.0816. The smallest absolute Gasteiger partial charge is 0 e. The molecule has 0 aliphatic carbocycles. The van der Waals surface area contributed by atoms with Crippen molar-refractivity contribution in [2.45, 2.75) is 29.7 Å². The van der Waals surface area contributed by atoms with Crippen molar-refractivity contribution in [1.82, 2.24) is 0 Å². The fourth-order valence-corrected chi connectivity index (χ4v) is 0. The Labute approximate surface area is 120 Å². The Morgan fingerprint density at radius 2 is 0.786 bits per heavy atom. The van der Waals surface area contributed by atoms with Crippen molar-refractivity contribution >= 4 is 0 Å². The van der Waals surface area contributed by atoms with Crippen LogP contribution in [0.5, 0.6) is 0 Å². The van der Waals surface area contributed by atoms with Crippen LogP contribution in [0.2, 0.25) is 0 Å². The Kier molecular flexibility index (Phi) is 4990. The molecule has 95 valence electrons. The molecule has 0 aliphatic rings. The Hall–Kier alpha value is 0.996. The van der Waals surface area contributed by atoms with Crippen molar-refractivity contribution in [2.24, 2.45) is 0 Å². The normalized spacial score (nSPS) is 2.00. The molecule has 1 radical (unpaired) electrons. The van der Waals surface area contributed by atoms with E-state index in [1.54, 1.807) is 0 Å². The molecule has 0 saturated carbocycles. The zero-order chi connectivity index (χ0) is 6.71. The van der Waals surface area contributed by atoms with Crippen LogP contribution in [0.1, 0.15) is 29.7 Å². The van der Waals surface area contributed by atoms with Gasteiger partial charge in [0.05, 0.1) is 0 Å².